The lowest BCUT2D eigenvalue weighted by molar-refractivity contribution is -0.167. The van der Waals surface area contributed by atoms with Crippen molar-refractivity contribution in [3.63, 3.8) is 0 Å². The molecule has 1 aromatic rings. The molecule has 116 valence electrons. The van der Waals surface area contributed by atoms with Gasteiger partial charge in [0.1, 0.15) is 0 Å². The Morgan fingerprint density at radius 3 is 2.52 bits per heavy atom. The Hall–Kier alpha value is -1.83. The van der Waals surface area contributed by atoms with Gasteiger partial charge in [-0.15, -0.1) is 0 Å². The van der Waals surface area contributed by atoms with Gasteiger partial charge in [-0.2, -0.15) is 13.2 Å². The molecule has 0 aromatic carbocycles. The number of nitrogens with zero attached hydrogens (tertiary/aromatic N) is 2. The number of anilines is 2. The lowest BCUT2D eigenvalue weighted by Gasteiger charge is -2.37. The minimum absolute atomic E-state index is 0.0358. The fraction of sp³-hybridized carbons (Fsp3) is 0.538. The van der Waals surface area contributed by atoms with Gasteiger partial charge < -0.3 is 15.5 Å². The summed E-state index contributed by atoms with van der Waals surface area (Å²) in [6.45, 7) is 5.52. The number of halogens is 3. The van der Waals surface area contributed by atoms with Gasteiger partial charge in [0.15, 0.2) is 0 Å². The van der Waals surface area contributed by atoms with Crippen LogP contribution in [0.2, 0.25) is 0 Å². The molecule has 1 aliphatic rings. The summed E-state index contributed by atoms with van der Waals surface area (Å²) < 4.78 is 36.7. The Balaban J connectivity index is 2.12. The molecule has 1 fully saturated rings. The van der Waals surface area contributed by atoms with Crippen molar-refractivity contribution in [2.24, 2.45) is 0 Å². The molecule has 1 aliphatic heterocycles. The second-order valence-corrected chi connectivity index (χ2v) is 5.26. The van der Waals surface area contributed by atoms with Crippen molar-refractivity contribution in [3.8, 4) is 0 Å². The number of aromatic nitrogens is 1. The molecule has 2 heterocycles. The van der Waals surface area contributed by atoms with Crippen molar-refractivity contribution >= 4 is 17.3 Å². The van der Waals surface area contributed by atoms with Crippen LogP contribution in [-0.4, -0.2) is 42.2 Å². The maximum Gasteiger partial charge on any atom is 0.471 e. The van der Waals surface area contributed by atoms with Crippen LogP contribution in [0, 0.1) is 0 Å². The first-order valence-electron chi connectivity index (χ1n) is 6.60. The molecule has 1 saturated heterocycles. The number of hydrogen-bond acceptors (Lipinski definition) is 4. The summed E-state index contributed by atoms with van der Waals surface area (Å²) >= 11 is 0. The summed E-state index contributed by atoms with van der Waals surface area (Å²) in [5.74, 6) is -2.00. The van der Waals surface area contributed by atoms with Crippen LogP contribution in [0.25, 0.3) is 0 Å². The standard InChI is InChI=1S/C13H17F3N4O/c1-8-6-20(7-9(2)18-8)11-3-10(4-17-5-11)19-12(21)13(14,15)16/h3-5,8-9,18H,6-7H2,1-2H3,(H,19,21). The Kier molecular flexibility index (Phi) is 4.36. The van der Waals surface area contributed by atoms with Gasteiger partial charge in [-0.1, -0.05) is 0 Å². The highest BCUT2D eigenvalue weighted by molar-refractivity contribution is 5.95. The molecule has 2 rings (SSSR count). The zero-order valence-corrected chi connectivity index (χ0v) is 11.7. The Bertz CT molecular complexity index is 510. The number of alkyl halides is 3. The van der Waals surface area contributed by atoms with Crippen molar-refractivity contribution in [2.45, 2.75) is 32.1 Å². The second kappa shape index (κ2) is 5.88. The van der Waals surface area contributed by atoms with Crippen molar-refractivity contribution in [2.75, 3.05) is 23.3 Å². The predicted molar refractivity (Wildman–Crippen MR) is 73.2 cm³/mol. The number of hydrogen-bond donors (Lipinski definition) is 2. The molecule has 0 saturated carbocycles. The van der Waals surface area contributed by atoms with E-state index in [1.807, 2.05) is 24.1 Å². The van der Waals surface area contributed by atoms with E-state index >= 15 is 0 Å². The topological polar surface area (TPSA) is 57.3 Å². The quantitative estimate of drug-likeness (QED) is 0.874. The molecular formula is C13H17F3N4O. The summed E-state index contributed by atoms with van der Waals surface area (Å²) in [5.41, 5.74) is 0.726. The molecular weight excluding hydrogens is 285 g/mol. The van der Waals surface area contributed by atoms with Gasteiger partial charge in [0, 0.05) is 25.2 Å². The van der Waals surface area contributed by atoms with Gasteiger partial charge in [-0.05, 0) is 19.9 Å². The van der Waals surface area contributed by atoms with E-state index in [0.717, 1.165) is 13.1 Å². The zero-order chi connectivity index (χ0) is 15.6. The van der Waals surface area contributed by atoms with Crippen LogP contribution in [0.4, 0.5) is 24.5 Å². The molecule has 21 heavy (non-hydrogen) atoms. The Labute approximate surface area is 120 Å². The normalized spacial score (nSPS) is 23.0. The molecule has 8 heteroatoms. The van der Waals surface area contributed by atoms with Gasteiger partial charge in [0.2, 0.25) is 0 Å². The van der Waals surface area contributed by atoms with Crippen LogP contribution in [0.15, 0.2) is 18.5 Å². The minimum Gasteiger partial charge on any atom is -0.367 e. The van der Waals surface area contributed by atoms with Crippen molar-refractivity contribution in [3.05, 3.63) is 18.5 Å². The summed E-state index contributed by atoms with van der Waals surface area (Å²) in [5, 5.41) is 5.18. The molecule has 2 unspecified atom stereocenters. The molecule has 1 amide bonds. The molecule has 2 N–H and O–H groups in total. The van der Waals surface area contributed by atoms with Crippen LogP contribution < -0.4 is 15.5 Å². The van der Waals surface area contributed by atoms with E-state index in [2.05, 4.69) is 10.3 Å². The lowest BCUT2D eigenvalue weighted by atomic mass is 10.1. The monoisotopic (exact) mass is 302 g/mol. The first kappa shape index (κ1) is 15.6. The molecule has 2 atom stereocenters. The fourth-order valence-electron chi connectivity index (χ4n) is 2.41. The smallest absolute Gasteiger partial charge is 0.367 e. The summed E-state index contributed by atoms with van der Waals surface area (Å²) in [4.78, 5) is 16.9. The molecule has 5 nitrogen and oxygen atoms in total. The number of amides is 1. The summed E-state index contributed by atoms with van der Waals surface area (Å²) in [7, 11) is 0. The van der Waals surface area contributed by atoms with Gasteiger partial charge in [-0.3, -0.25) is 9.78 Å². The number of pyridine rings is 1. The maximum atomic E-state index is 12.2. The second-order valence-electron chi connectivity index (χ2n) is 5.26. The van der Waals surface area contributed by atoms with Crippen LogP contribution in [0.1, 0.15) is 13.8 Å². The van der Waals surface area contributed by atoms with Crippen molar-refractivity contribution in [1.82, 2.24) is 10.3 Å². The van der Waals surface area contributed by atoms with Crippen molar-refractivity contribution in [1.29, 1.82) is 0 Å². The fourth-order valence-corrected chi connectivity index (χ4v) is 2.41. The van der Waals surface area contributed by atoms with E-state index < -0.39 is 12.1 Å². The van der Waals surface area contributed by atoms with Gasteiger partial charge in [0.05, 0.1) is 23.8 Å². The predicted octanol–water partition coefficient (Wildman–Crippen LogP) is 1.77. The number of rotatable bonds is 2. The highest BCUT2D eigenvalue weighted by Crippen LogP contribution is 2.22. The van der Waals surface area contributed by atoms with Gasteiger partial charge in [-0.25, -0.2) is 0 Å². The van der Waals surface area contributed by atoms with E-state index in [4.69, 9.17) is 0 Å². The average molecular weight is 302 g/mol. The Morgan fingerprint density at radius 2 is 1.95 bits per heavy atom. The minimum atomic E-state index is -4.91. The number of carbonyl (C=O) groups is 1. The highest BCUT2D eigenvalue weighted by Gasteiger charge is 2.38. The number of piperazine rings is 1. The molecule has 0 aliphatic carbocycles. The van der Waals surface area contributed by atoms with E-state index in [9.17, 15) is 18.0 Å². The highest BCUT2D eigenvalue weighted by atomic mass is 19.4. The molecule has 0 bridgehead atoms. The number of carbonyl (C=O) groups excluding carboxylic acids is 1. The SMILES string of the molecule is CC1CN(c2cncc(NC(=O)C(F)(F)F)c2)CC(C)N1. The largest absolute Gasteiger partial charge is 0.471 e. The van der Waals surface area contributed by atoms with Crippen molar-refractivity contribution < 1.29 is 18.0 Å². The van der Waals surface area contributed by atoms with Gasteiger partial charge >= 0.3 is 12.1 Å². The summed E-state index contributed by atoms with van der Waals surface area (Å²) in [6, 6.07) is 2.03. The van der Waals surface area contributed by atoms with Gasteiger partial charge in [0.25, 0.3) is 0 Å². The first-order chi connectivity index (χ1) is 9.75. The Morgan fingerprint density at radius 1 is 1.33 bits per heavy atom. The first-order valence-corrected chi connectivity index (χ1v) is 6.60. The van der Waals surface area contributed by atoms with Crippen LogP contribution in [0.3, 0.4) is 0 Å². The van der Waals surface area contributed by atoms with Crippen LogP contribution in [0.5, 0.6) is 0 Å². The zero-order valence-electron chi connectivity index (χ0n) is 11.7. The molecule has 0 spiro atoms. The average Bonchev–Trinajstić information content (AvgIpc) is 2.36. The third-order valence-electron chi connectivity index (χ3n) is 3.16. The lowest BCUT2D eigenvalue weighted by Crippen LogP contribution is -2.54. The maximum absolute atomic E-state index is 12.2. The van der Waals surface area contributed by atoms with E-state index in [0.29, 0.717) is 5.69 Å². The van der Waals surface area contributed by atoms with Crippen LogP contribution >= 0.6 is 0 Å². The molecule has 0 radical (unpaired) electrons. The third-order valence-corrected chi connectivity index (χ3v) is 3.16. The molecule has 1 aromatic heterocycles. The van der Waals surface area contributed by atoms with E-state index in [-0.39, 0.29) is 17.8 Å². The summed E-state index contributed by atoms with van der Waals surface area (Å²) in [6.07, 6.45) is -2.13. The van der Waals surface area contributed by atoms with E-state index in [1.165, 1.54) is 12.3 Å². The van der Waals surface area contributed by atoms with Crippen LogP contribution in [-0.2, 0) is 4.79 Å². The van der Waals surface area contributed by atoms with E-state index in [1.54, 1.807) is 6.20 Å². The number of nitrogens with one attached hydrogen (secondary N) is 2. The third kappa shape index (κ3) is 4.07.